The van der Waals surface area contributed by atoms with E-state index in [1.54, 1.807) is 0 Å². The molecular weight excluding hydrogens is 361 g/mol. The average Bonchev–Trinajstić information content (AvgIpc) is 3.19. The van der Waals surface area contributed by atoms with Gasteiger partial charge in [-0.2, -0.15) is 18.2 Å². The fourth-order valence-electron chi connectivity index (χ4n) is 2.89. The Morgan fingerprint density at radius 3 is 2.81 bits per heavy atom. The van der Waals surface area contributed by atoms with Gasteiger partial charge in [0.2, 0.25) is 5.89 Å². The maximum absolute atomic E-state index is 12.5. The van der Waals surface area contributed by atoms with Gasteiger partial charge in [0.1, 0.15) is 0 Å². The van der Waals surface area contributed by atoms with Crippen LogP contribution in [-0.2, 0) is 6.42 Å². The summed E-state index contributed by atoms with van der Waals surface area (Å²) in [6, 6.07) is -0.0327. The van der Waals surface area contributed by atoms with E-state index in [2.05, 4.69) is 25.8 Å². The Bertz CT molecular complexity index is 602. The Labute approximate surface area is 157 Å². The van der Waals surface area contributed by atoms with Crippen molar-refractivity contribution >= 4 is 5.96 Å². The Balaban J connectivity index is 1.76. The third-order valence-corrected chi connectivity index (χ3v) is 4.18. The highest BCUT2D eigenvalue weighted by Gasteiger charge is 2.34. The maximum atomic E-state index is 12.5. The molecule has 0 bridgehead atoms. The second-order valence-corrected chi connectivity index (χ2v) is 7.05. The van der Waals surface area contributed by atoms with Gasteiger partial charge in [0.15, 0.2) is 11.8 Å². The first kappa shape index (κ1) is 21.5. The quantitative estimate of drug-likeness (QED) is 0.403. The summed E-state index contributed by atoms with van der Waals surface area (Å²) in [4.78, 5) is 10.2. The average molecular weight is 390 g/mol. The zero-order valence-corrected chi connectivity index (χ0v) is 16.1. The van der Waals surface area contributed by atoms with Crippen LogP contribution in [0.2, 0.25) is 0 Å². The van der Waals surface area contributed by atoms with Gasteiger partial charge in [0, 0.05) is 44.6 Å². The van der Waals surface area contributed by atoms with Crippen LogP contribution in [0.3, 0.4) is 0 Å². The van der Waals surface area contributed by atoms with Gasteiger partial charge < -0.3 is 15.2 Å². The van der Waals surface area contributed by atoms with E-state index in [0.717, 1.165) is 6.42 Å². The molecule has 7 nitrogen and oxygen atoms in total. The van der Waals surface area contributed by atoms with Crippen molar-refractivity contribution in [2.75, 3.05) is 32.7 Å². The second-order valence-electron chi connectivity index (χ2n) is 7.05. The molecule has 154 valence electrons. The Hall–Kier alpha value is -1.84. The molecule has 1 aliphatic heterocycles. The summed E-state index contributed by atoms with van der Waals surface area (Å²) in [5.74, 6) is 2.16. The van der Waals surface area contributed by atoms with Crippen molar-refractivity contribution in [3.05, 3.63) is 11.7 Å². The molecule has 0 spiro atoms. The number of nitrogens with zero attached hydrogens (tertiary/aromatic N) is 4. The van der Waals surface area contributed by atoms with E-state index < -0.39 is 12.7 Å². The number of aryl methyl sites for hydroxylation is 1. The normalized spacial score (nSPS) is 19.1. The van der Waals surface area contributed by atoms with Crippen molar-refractivity contribution in [2.24, 2.45) is 4.99 Å². The van der Waals surface area contributed by atoms with E-state index >= 15 is 0 Å². The predicted octanol–water partition coefficient (Wildman–Crippen LogP) is 2.32. The van der Waals surface area contributed by atoms with Gasteiger partial charge in [-0.1, -0.05) is 19.0 Å². The highest BCUT2D eigenvalue weighted by atomic mass is 19.4. The Kier molecular flexibility index (Phi) is 7.88. The molecule has 0 radical (unpaired) electrons. The lowest BCUT2D eigenvalue weighted by Crippen LogP contribution is -2.45. The van der Waals surface area contributed by atoms with E-state index in [-0.39, 0.29) is 12.0 Å². The second kappa shape index (κ2) is 9.91. The molecule has 0 amide bonds. The number of guanidine groups is 1. The maximum Gasteiger partial charge on any atom is 0.401 e. The van der Waals surface area contributed by atoms with E-state index in [4.69, 9.17) is 4.52 Å². The van der Waals surface area contributed by atoms with Crippen LogP contribution in [0, 0.1) is 0 Å². The number of hydrogen-bond donors (Lipinski definition) is 2. The van der Waals surface area contributed by atoms with Gasteiger partial charge in [-0.3, -0.25) is 9.89 Å². The first-order valence-corrected chi connectivity index (χ1v) is 9.43. The van der Waals surface area contributed by atoms with Crippen LogP contribution in [-0.4, -0.2) is 65.9 Å². The Morgan fingerprint density at radius 1 is 1.41 bits per heavy atom. The van der Waals surface area contributed by atoms with Crippen LogP contribution in [0.1, 0.15) is 51.2 Å². The Morgan fingerprint density at radius 2 is 2.19 bits per heavy atom. The molecular formula is C17H29F3N6O. The number of likely N-dealkylation sites (tertiary alicyclic amines) is 1. The number of aromatic nitrogens is 2. The molecule has 0 saturated carbocycles. The third-order valence-electron chi connectivity index (χ3n) is 4.18. The number of hydrogen-bond acceptors (Lipinski definition) is 5. The molecule has 1 atom stereocenters. The molecule has 1 unspecified atom stereocenters. The molecule has 1 fully saturated rings. The van der Waals surface area contributed by atoms with Crippen LogP contribution >= 0.6 is 0 Å². The minimum absolute atomic E-state index is 0.0327. The first-order valence-electron chi connectivity index (χ1n) is 9.43. The third kappa shape index (κ3) is 7.74. The van der Waals surface area contributed by atoms with Crippen molar-refractivity contribution in [3.63, 3.8) is 0 Å². The molecule has 2 rings (SSSR count). The molecule has 1 aliphatic rings. The van der Waals surface area contributed by atoms with Gasteiger partial charge in [-0.05, 0) is 19.8 Å². The highest BCUT2D eigenvalue weighted by molar-refractivity contribution is 5.80. The van der Waals surface area contributed by atoms with E-state index in [0.29, 0.717) is 56.7 Å². The fourth-order valence-corrected chi connectivity index (χ4v) is 2.89. The standard InChI is InChI=1S/C17H29F3N6O/c1-4-21-16(23-13-7-9-26(10-13)11-17(18,19)20)22-8-5-6-14-24-15(12(2)3)25-27-14/h12-13H,4-11H2,1-3H3,(H2,21,22,23). The number of nitrogens with one attached hydrogen (secondary N) is 2. The lowest BCUT2D eigenvalue weighted by Gasteiger charge is -2.19. The van der Waals surface area contributed by atoms with E-state index in [1.807, 2.05) is 20.8 Å². The zero-order chi connectivity index (χ0) is 19.9. The molecule has 10 heteroatoms. The zero-order valence-electron chi connectivity index (χ0n) is 16.1. The summed E-state index contributed by atoms with van der Waals surface area (Å²) in [5, 5.41) is 10.3. The van der Waals surface area contributed by atoms with Crippen molar-refractivity contribution in [2.45, 2.75) is 58.2 Å². The molecule has 27 heavy (non-hydrogen) atoms. The minimum Gasteiger partial charge on any atom is -0.357 e. The summed E-state index contributed by atoms with van der Waals surface area (Å²) < 4.78 is 42.7. The SMILES string of the molecule is CCNC(=NCCCc1nc(C(C)C)no1)NC1CCN(CC(F)(F)F)C1. The van der Waals surface area contributed by atoms with Crippen molar-refractivity contribution in [1.29, 1.82) is 0 Å². The van der Waals surface area contributed by atoms with E-state index in [9.17, 15) is 13.2 Å². The van der Waals surface area contributed by atoms with E-state index in [1.165, 1.54) is 4.90 Å². The number of aliphatic imine (C=N–C) groups is 1. The van der Waals surface area contributed by atoms with Crippen LogP contribution < -0.4 is 10.6 Å². The largest absolute Gasteiger partial charge is 0.401 e. The summed E-state index contributed by atoms with van der Waals surface area (Å²) in [5.41, 5.74) is 0. The lowest BCUT2D eigenvalue weighted by molar-refractivity contribution is -0.143. The van der Waals surface area contributed by atoms with Crippen LogP contribution in [0.5, 0.6) is 0 Å². The summed E-state index contributed by atoms with van der Waals surface area (Å²) in [7, 11) is 0. The summed E-state index contributed by atoms with van der Waals surface area (Å²) >= 11 is 0. The van der Waals surface area contributed by atoms with Crippen molar-refractivity contribution in [3.8, 4) is 0 Å². The number of alkyl halides is 3. The molecule has 0 aromatic carbocycles. The predicted molar refractivity (Wildman–Crippen MR) is 96.7 cm³/mol. The van der Waals surface area contributed by atoms with Crippen LogP contribution in [0.15, 0.2) is 9.52 Å². The topological polar surface area (TPSA) is 78.6 Å². The highest BCUT2D eigenvalue weighted by Crippen LogP contribution is 2.19. The minimum atomic E-state index is -4.16. The van der Waals surface area contributed by atoms with Gasteiger partial charge in [0.25, 0.3) is 0 Å². The molecule has 1 saturated heterocycles. The molecule has 1 aromatic rings. The first-order chi connectivity index (χ1) is 12.8. The van der Waals surface area contributed by atoms with Gasteiger partial charge in [-0.25, -0.2) is 0 Å². The van der Waals surface area contributed by atoms with Crippen LogP contribution in [0.4, 0.5) is 13.2 Å². The van der Waals surface area contributed by atoms with Crippen LogP contribution in [0.25, 0.3) is 0 Å². The fraction of sp³-hybridized carbons (Fsp3) is 0.824. The van der Waals surface area contributed by atoms with Gasteiger partial charge in [-0.15, -0.1) is 0 Å². The summed E-state index contributed by atoms with van der Waals surface area (Å²) in [6.07, 6.45) is -2.09. The molecule has 2 heterocycles. The molecule has 0 aliphatic carbocycles. The smallest absolute Gasteiger partial charge is 0.357 e. The summed E-state index contributed by atoms with van der Waals surface area (Å²) in [6.45, 7) is 7.16. The molecule has 1 aromatic heterocycles. The van der Waals surface area contributed by atoms with Crippen molar-refractivity contribution < 1.29 is 17.7 Å². The monoisotopic (exact) mass is 390 g/mol. The molecule has 2 N–H and O–H groups in total. The lowest BCUT2D eigenvalue weighted by atomic mass is 10.2. The van der Waals surface area contributed by atoms with Gasteiger partial charge in [0.05, 0.1) is 6.54 Å². The van der Waals surface area contributed by atoms with Crippen molar-refractivity contribution in [1.82, 2.24) is 25.7 Å². The number of halogens is 3. The number of rotatable bonds is 8. The van der Waals surface area contributed by atoms with Gasteiger partial charge >= 0.3 is 6.18 Å².